The van der Waals surface area contributed by atoms with Gasteiger partial charge in [0.15, 0.2) is 0 Å². The van der Waals surface area contributed by atoms with E-state index in [1.807, 2.05) is 0 Å². The van der Waals surface area contributed by atoms with E-state index in [9.17, 15) is 18.5 Å². The highest BCUT2D eigenvalue weighted by molar-refractivity contribution is 7.88. The smallest absolute Gasteiger partial charge is 0.269 e. The number of nitrogens with zero attached hydrogens (tertiary/aromatic N) is 2. The molecule has 0 spiro atoms. The second kappa shape index (κ2) is 5.64. The number of hydrogen-bond acceptors (Lipinski definition) is 5. The minimum Gasteiger partial charge on any atom is -0.314 e. The molecule has 0 saturated carbocycles. The Bertz CT molecular complexity index is 567. The average Bonchev–Trinajstić information content (AvgIpc) is 2.39. The molecule has 0 atom stereocenters. The van der Waals surface area contributed by atoms with Crippen molar-refractivity contribution in [3.63, 3.8) is 0 Å². The molecule has 1 saturated heterocycles. The Balaban J connectivity index is 2.15. The van der Waals surface area contributed by atoms with Crippen molar-refractivity contribution in [1.29, 1.82) is 0 Å². The Hall–Kier alpha value is -1.51. The summed E-state index contributed by atoms with van der Waals surface area (Å²) in [5, 5.41) is 13.7. The molecule has 1 aromatic rings. The molecule has 104 valence electrons. The number of nitro groups is 1. The maximum atomic E-state index is 12.2. The van der Waals surface area contributed by atoms with E-state index in [4.69, 9.17) is 0 Å². The molecule has 0 unspecified atom stereocenters. The molecule has 8 heteroatoms. The summed E-state index contributed by atoms with van der Waals surface area (Å²) in [5.41, 5.74) is 0.348. The largest absolute Gasteiger partial charge is 0.314 e. The second-order valence-electron chi connectivity index (χ2n) is 4.33. The van der Waals surface area contributed by atoms with Crippen LogP contribution in [0.1, 0.15) is 5.56 Å². The molecule has 2 rings (SSSR count). The summed E-state index contributed by atoms with van der Waals surface area (Å²) < 4.78 is 25.7. The van der Waals surface area contributed by atoms with Crippen molar-refractivity contribution in [3.8, 4) is 0 Å². The monoisotopic (exact) mass is 285 g/mol. The Labute approximate surface area is 111 Å². The van der Waals surface area contributed by atoms with Crippen LogP contribution < -0.4 is 5.32 Å². The predicted octanol–water partition coefficient (Wildman–Crippen LogP) is 0.330. The quantitative estimate of drug-likeness (QED) is 0.635. The van der Waals surface area contributed by atoms with Crippen molar-refractivity contribution < 1.29 is 13.3 Å². The fourth-order valence-electron chi connectivity index (χ4n) is 1.98. The second-order valence-corrected chi connectivity index (χ2v) is 6.30. The van der Waals surface area contributed by atoms with E-state index in [1.54, 1.807) is 6.07 Å². The molecule has 1 aliphatic rings. The first-order valence-electron chi connectivity index (χ1n) is 5.91. The topological polar surface area (TPSA) is 92.5 Å². The van der Waals surface area contributed by atoms with Crippen molar-refractivity contribution in [2.45, 2.75) is 5.75 Å². The molecule has 1 fully saturated rings. The van der Waals surface area contributed by atoms with Gasteiger partial charge in [0.2, 0.25) is 10.0 Å². The number of piperazine rings is 1. The number of sulfonamides is 1. The number of nitrogens with one attached hydrogen (secondary N) is 1. The van der Waals surface area contributed by atoms with Gasteiger partial charge >= 0.3 is 0 Å². The molecule has 0 amide bonds. The van der Waals surface area contributed by atoms with Gasteiger partial charge in [-0.25, -0.2) is 8.42 Å². The van der Waals surface area contributed by atoms with E-state index in [0.29, 0.717) is 31.7 Å². The molecular weight excluding hydrogens is 270 g/mol. The van der Waals surface area contributed by atoms with Crippen LogP contribution in [0.4, 0.5) is 5.69 Å². The lowest BCUT2D eigenvalue weighted by Gasteiger charge is -2.26. The fourth-order valence-corrected chi connectivity index (χ4v) is 3.51. The average molecular weight is 285 g/mol. The first-order chi connectivity index (χ1) is 8.99. The highest BCUT2D eigenvalue weighted by atomic mass is 32.2. The summed E-state index contributed by atoms with van der Waals surface area (Å²) in [4.78, 5) is 10.1. The number of rotatable bonds is 4. The maximum Gasteiger partial charge on any atom is 0.269 e. The molecule has 1 aromatic carbocycles. The van der Waals surface area contributed by atoms with E-state index in [-0.39, 0.29) is 11.4 Å². The summed E-state index contributed by atoms with van der Waals surface area (Å²) >= 11 is 0. The Morgan fingerprint density at radius 1 is 1.32 bits per heavy atom. The van der Waals surface area contributed by atoms with Crippen molar-refractivity contribution >= 4 is 15.7 Å². The molecule has 0 bridgehead atoms. The minimum absolute atomic E-state index is 0.0898. The van der Waals surface area contributed by atoms with Gasteiger partial charge in [0.05, 0.1) is 10.7 Å². The van der Waals surface area contributed by atoms with E-state index < -0.39 is 14.9 Å². The van der Waals surface area contributed by atoms with Crippen molar-refractivity contribution in [2.24, 2.45) is 0 Å². The minimum atomic E-state index is -3.41. The normalized spacial score (nSPS) is 17.3. The highest BCUT2D eigenvalue weighted by Gasteiger charge is 2.24. The SMILES string of the molecule is O=[N+]([O-])c1cccc(CS(=O)(=O)N2CCNCC2)c1. The summed E-state index contributed by atoms with van der Waals surface area (Å²) in [6, 6.07) is 5.74. The number of benzene rings is 1. The van der Waals surface area contributed by atoms with E-state index in [1.165, 1.54) is 22.5 Å². The Morgan fingerprint density at radius 3 is 2.63 bits per heavy atom. The molecule has 1 heterocycles. The zero-order valence-electron chi connectivity index (χ0n) is 10.3. The summed E-state index contributed by atoms with van der Waals surface area (Å²) in [7, 11) is -3.41. The lowest BCUT2D eigenvalue weighted by Crippen LogP contribution is -2.46. The third kappa shape index (κ3) is 3.49. The van der Waals surface area contributed by atoms with Crippen LogP contribution in [0.2, 0.25) is 0 Å². The first-order valence-corrected chi connectivity index (χ1v) is 7.52. The third-order valence-electron chi connectivity index (χ3n) is 2.94. The molecule has 0 radical (unpaired) electrons. The molecule has 19 heavy (non-hydrogen) atoms. The van der Waals surface area contributed by atoms with Gasteiger partial charge in [0, 0.05) is 38.3 Å². The molecule has 0 aromatic heterocycles. The van der Waals surface area contributed by atoms with Gasteiger partial charge in [0.1, 0.15) is 0 Å². The Kier molecular flexibility index (Phi) is 4.13. The van der Waals surface area contributed by atoms with Crippen molar-refractivity contribution in [1.82, 2.24) is 9.62 Å². The van der Waals surface area contributed by atoms with Gasteiger partial charge in [-0.3, -0.25) is 10.1 Å². The van der Waals surface area contributed by atoms with Gasteiger partial charge < -0.3 is 5.32 Å². The van der Waals surface area contributed by atoms with Crippen LogP contribution in [0.5, 0.6) is 0 Å². The standard InChI is InChI=1S/C11H15N3O4S/c15-14(16)11-3-1-2-10(8-11)9-19(17,18)13-6-4-12-5-7-13/h1-3,8,12H,4-7,9H2. The van der Waals surface area contributed by atoms with E-state index in [0.717, 1.165) is 0 Å². The first kappa shape index (κ1) is 13.9. The predicted molar refractivity (Wildman–Crippen MR) is 70.2 cm³/mol. The molecule has 1 N–H and O–H groups in total. The van der Waals surface area contributed by atoms with E-state index >= 15 is 0 Å². The number of hydrogen-bond donors (Lipinski definition) is 1. The van der Waals surface area contributed by atoms with Crippen molar-refractivity contribution in [2.75, 3.05) is 26.2 Å². The molecule has 7 nitrogen and oxygen atoms in total. The third-order valence-corrected chi connectivity index (χ3v) is 4.79. The summed E-state index contributed by atoms with van der Waals surface area (Å²) in [6.07, 6.45) is 0. The number of nitro benzene ring substituents is 1. The van der Waals surface area contributed by atoms with E-state index in [2.05, 4.69) is 5.32 Å². The highest BCUT2D eigenvalue weighted by Crippen LogP contribution is 2.17. The van der Waals surface area contributed by atoms with Crippen LogP contribution in [0.3, 0.4) is 0 Å². The Morgan fingerprint density at radius 2 is 2.00 bits per heavy atom. The van der Waals surface area contributed by atoms with Crippen LogP contribution in [0, 0.1) is 10.1 Å². The van der Waals surface area contributed by atoms with Gasteiger partial charge in [-0.05, 0) is 5.56 Å². The van der Waals surface area contributed by atoms with Crippen LogP contribution in [0.15, 0.2) is 24.3 Å². The lowest BCUT2D eigenvalue weighted by molar-refractivity contribution is -0.384. The summed E-state index contributed by atoms with van der Waals surface area (Å²) in [5.74, 6) is -0.200. The van der Waals surface area contributed by atoms with Gasteiger partial charge in [-0.1, -0.05) is 12.1 Å². The van der Waals surface area contributed by atoms with Crippen molar-refractivity contribution in [3.05, 3.63) is 39.9 Å². The molecular formula is C11H15N3O4S. The molecule has 0 aliphatic carbocycles. The number of non-ortho nitro benzene ring substituents is 1. The fraction of sp³-hybridized carbons (Fsp3) is 0.455. The van der Waals surface area contributed by atoms with Gasteiger partial charge in [0.25, 0.3) is 5.69 Å². The molecule has 1 aliphatic heterocycles. The lowest BCUT2D eigenvalue weighted by atomic mass is 10.2. The maximum absolute atomic E-state index is 12.2. The van der Waals surface area contributed by atoms with Crippen LogP contribution in [-0.2, 0) is 15.8 Å². The van der Waals surface area contributed by atoms with Crippen LogP contribution in [-0.4, -0.2) is 43.8 Å². The van der Waals surface area contributed by atoms with Crippen LogP contribution in [0.25, 0.3) is 0 Å². The zero-order chi connectivity index (χ0) is 13.9. The zero-order valence-corrected chi connectivity index (χ0v) is 11.1. The summed E-state index contributed by atoms with van der Waals surface area (Å²) in [6.45, 7) is 2.15. The van der Waals surface area contributed by atoms with Crippen LogP contribution >= 0.6 is 0 Å². The van der Waals surface area contributed by atoms with Gasteiger partial charge in [-0.15, -0.1) is 0 Å². The van der Waals surface area contributed by atoms with Gasteiger partial charge in [-0.2, -0.15) is 4.31 Å².